The van der Waals surface area contributed by atoms with Crippen LogP contribution in [0.2, 0.25) is 0 Å². The summed E-state index contributed by atoms with van der Waals surface area (Å²) < 4.78 is 15.7. The highest BCUT2D eigenvalue weighted by Gasteiger charge is 2.42. The van der Waals surface area contributed by atoms with Crippen LogP contribution in [-0.2, 0) is 6.54 Å². The van der Waals surface area contributed by atoms with Crippen LogP contribution in [0.15, 0.2) is 30.6 Å². The normalized spacial score (nSPS) is 34.2. The van der Waals surface area contributed by atoms with E-state index in [9.17, 15) is 4.39 Å². The number of alkyl halides is 1. The molecule has 0 saturated carbocycles. The summed E-state index contributed by atoms with van der Waals surface area (Å²) in [6, 6.07) is 6.46. The fourth-order valence-electron chi connectivity index (χ4n) is 5.00. The van der Waals surface area contributed by atoms with E-state index in [2.05, 4.69) is 45.4 Å². The second-order valence-electron chi connectivity index (χ2n) is 8.70. The first-order valence-corrected chi connectivity index (χ1v) is 11.0. The molecule has 3 aliphatic heterocycles. The highest BCUT2D eigenvalue weighted by atomic mass is 19.1. The zero-order chi connectivity index (χ0) is 20.7. The van der Waals surface area contributed by atoms with Gasteiger partial charge in [0.25, 0.3) is 0 Å². The van der Waals surface area contributed by atoms with Crippen molar-refractivity contribution in [3.8, 4) is 0 Å². The molecule has 0 aliphatic carbocycles. The Balaban J connectivity index is 1.33. The molecule has 6 atom stereocenters. The van der Waals surface area contributed by atoms with Crippen molar-refractivity contribution in [1.29, 1.82) is 0 Å². The van der Waals surface area contributed by atoms with Crippen LogP contribution in [0, 0.1) is 5.92 Å². The number of pyridine rings is 1. The predicted molar refractivity (Wildman–Crippen MR) is 113 cm³/mol. The zero-order valence-electron chi connectivity index (χ0n) is 17.3. The average molecular weight is 415 g/mol. The lowest BCUT2D eigenvalue weighted by molar-refractivity contribution is 0.244. The molecule has 5 heterocycles. The Morgan fingerprint density at radius 2 is 2.20 bits per heavy atom. The maximum absolute atomic E-state index is 13.8. The topological polar surface area (TPSA) is 96.1 Å². The first-order chi connectivity index (χ1) is 14.6. The number of nitrogens with one attached hydrogen (secondary N) is 3. The molecule has 8 nitrogen and oxygen atoms in total. The number of rotatable bonds is 4. The highest BCUT2D eigenvalue weighted by Crippen LogP contribution is 2.38. The van der Waals surface area contributed by atoms with Crippen LogP contribution in [-0.4, -0.2) is 52.7 Å². The number of aromatic nitrogens is 3. The van der Waals surface area contributed by atoms with Gasteiger partial charge in [0.1, 0.15) is 12.0 Å². The standard InChI is InChI=1S/C21H31FN8/c1-2-30-11-13(9-25-30)18-8-14-19(10-24-18)27-28-21(14)17-4-3-5-20(26-17)29-7-6-15(22)16(23)12-29/h3-5,9,11,14-16,18-19,21,24,27-28H,2,6-8,10,12,23H2,1H3. The molecule has 0 aromatic carbocycles. The summed E-state index contributed by atoms with van der Waals surface area (Å²) in [7, 11) is 0. The van der Waals surface area contributed by atoms with Crippen LogP contribution >= 0.6 is 0 Å². The summed E-state index contributed by atoms with van der Waals surface area (Å²) >= 11 is 0. The number of piperidine rings is 2. The van der Waals surface area contributed by atoms with Crippen molar-refractivity contribution in [3.63, 3.8) is 0 Å². The van der Waals surface area contributed by atoms with Crippen molar-refractivity contribution in [3.05, 3.63) is 41.9 Å². The Morgan fingerprint density at radius 1 is 1.30 bits per heavy atom. The third-order valence-corrected chi connectivity index (χ3v) is 6.81. The van der Waals surface area contributed by atoms with E-state index >= 15 is 0 Å². The van der Waals surface area contributed by atoms with Gasteiger partial charge in [0.05, 0.1) is 24.0 Å². The maximum atomic E-state index is 13.8. The van der Waals surface area contributed by atoms with Gasteiger partial charge >= 0.3 is 0 Å². The monoisotopic (exact) mass is 414 g/mol. The van der Waals surface area contributed by atoms with Gasteiger partial charge in [-0.1, -0.05) is 6.07 Å². The van der Waals surface area contributed by atoms with Crippen LogP contribution in [0.4, 0.5) is 10.2 Å². The van der Waals surface area contributed by atoms with Gasteiger partial charge in [0.2, 0.25) is 0 Å². The van der Waals surface area contributed by atoms with E-state index in [0.717, 1.165) is 31.0 Å². The molecule has 0 spiro atoms. The van der Waals surface area contributed by atoms with E-state index in [1.807, 2.05) is 23.0 Å². The molecule has 6 unspecified atom stereocenters. The quantitative estimate of drug-likeness (QED) is 0.594. The summed E-state index contributed by atoms with van der Waals surface area (Å²) in [6.07, 6.45) is 4.66. The van der Waals surface area contributed by atoms with Crippen molar-refractivity contribution in [2.24, 2.45) is 11.7 Å². The number of hydrogen-bond acceptors (Lipinski definition) is 7. The van der Waals surface area contributed by atoms with E-state index < -0.39 is 12.2 Å². The van der Waals surface area contributed by atoms with Crippen LogP contribution < -0.4 is 26.8 Å². The van der Waals surface area contributed by atoms with E-state index in [-0.39, 0.29) is 6.04 Å². The minimum atomic E-state index is -0.922. The average Bonchev–Trinajstić information content (AvgIpc) is 3.42. The molecule has 3 fully saturated rings. The van der Waals surface area contributed by atoms with Gasteiger partial charge in [0, 0.05) is 55.9 Å². The van der Waals surface area contributed by atoms with Crippen LogP contribution in [0.1, 0.15) is 43.1 Å². The minimum absolute atomic E-state index is 0.133. The molecular weight excluding hydrogens is 383 g/mol. The van der Waals surface area contributed by atoms with Gasteiger partial charge in [-0.05, 0) is 31.9 Å². The molecule has 162 valence electrons. The van der Waals surface area contributed by atoms with Crippen LogP contribution in [0.25, 0.3) is 0 Å². The van der Waals surface area contributed by atoms with Crippen molar-refractivity contribution < 1.29 is 4.39 Å². The van der Waals surface area contributed by atoms with Crippen molar-refractivity contribution in [1.82, 2.24) is 30.9 Å². The number of nitrogens with zero attached hydrogens (tertiary/aromatic N) is 4. The molecule has 2 aromatic heterocycles. The van der Waals surface area contributed by atoms with Gasteiger partial charge in [-0.2, -0.15) is 5.10 Å². The second-order valence-corrected chi connectivity index (χ2v) is 8.70. The Labute approximate surface area is 176 Å². The molecular formula is C21H31FN8. The van der Waals surface area contributed by atoms with Gasteiger partial charge in [0.15, 0.2) is 0 Å². The van der Waals surface area contributed by atoms with E-state index in [4.69, 9.17) is 10.7 Å². The summed E-state index contributed by atoms with van der Waals surface area (Å²) in [4.78, 5) is 7.06. The number of hydrogen-bond donors (Lipinski definition) is 4. The number of anilines is 1. The molecule has 3 saturated heterocycles. The molecule has 0 amide bonds. The fourth-order valence-corrected chi connectivity index (χ4v) is 5.00. The number of halogens is 1. The highest BCUT2D eigenvalue weighted by molar-refractivity contribution is 5.41. The third kappa shape index (κ3) is 3.71. The largest absolute Gasteiger partial charge is 0.355 e. The lowest BCUT2D eigenvalue weighted by Gasteiger charge is -2.35. The van der Waals surface area contributed by atoms with Crippen LogP contribution in [0.3, 0.4) is 0 Å². The summed E-state index contributed by atoms with van der Waals surface area (Å²) in [5.41, 5.74) is 15.1. The van der Waals surface area contributed by atoms with Crippen molar-refractivity contribution in [2.75, 3.05) is 24.5 Å². The van der Waals surface area contributed by atoms with Gasteiger partial charge in [-0.15, -0.1) is 0 Å². The molecule has 0 bridgehead atoms. The summed E-state index contributed by atoms with van der Waals surface area (Å²) in [5, 5.41) is 8.09. The minimum Gasteiger partial charge on any atom is -0.355 e. The fraction of sp³-hybridized carbons (Fsp3) is 0.619. The molecule has 5 N–H and O–H groups in total. The second kappa shape index (κ2) is 8.22. The van der Waals surface area contributed by atoms with E-state index in [1.165, 1.54) is 5.56 Å². The SMILES string of the molecule is CCn1cc(C2CC3C(CN2)NNC3c2cccc(N3CCC(F)C(N)C3)n2)cn1. The summed E-state index contributed by atoms with van der Waals surface area (Å²) in [6.45, 7) is 5.04. The molecule has 3 aliphatic rings. The lowest BCUT2D eigenvalue weighted by Crippen LogP contribution is -2.50. The Kier molecular flexibility index (Phi) is 5.44. The molecule has 30 heavy (non-hydrogen) atoms. The Bertz CT molecular complexity index is 872. The van der Waals surface area contributed by atoms with Crippen molar-refractivity contribution >= 4 is 5.82 Å². The molecule has 0 radical (unpaired) electrons. The lowest BCUT2D eigenvalue weighted by atomic mass is 9.82. The number of hydrazine groups is 1. The number of nitrogens with two attached hydrogens (primary N) is 1. The zero-order valence-corrected chi connectivity index (χ0v) is 17.3. The van der Waals surface area contributed by atoms with Gasteiger partial charge < -0.3 is 16.0 Å². The molecule has 2 aromatic rings. The van der Waals surface area contributed by atoms with Crippen molar-refractivity contribution in [2.45, 2.75) is 56.6 Å². The third-order valence-electron chi connectivity index (χ3n) is 6.81. The summed E-state index contributed by atoms with van der Waals surface area (Å²) in [5.74, 6) is 1.30. The smallest absolute Gasteiger partial charge is 0.128 e. The van der Waals surface area contributed by atoms with E-state index in [0.29, 0.717) is 37.5 Å². The van der Waals surface area contributed by atoms with Gasteiger partial charge in [-0.3, -0.25) is 10.1 Å². The predicted octanol–water partition coefficient (Wildman–Crippen LogP) is 1.04. The Morgan fingerprint density at radius 3 is 3.00 bits per heavy atom. The van der Waals surface area contributed by atoms with Gasteiger partial charge in [-0.25, -0.2) is 14.8 Å². The number of aryl methyl sites for hydroxylation is 1. The molecule has 5 rings (SSSR count). The Hall–Kier alpha value is -2.07. The first kappa shape index (κ1) is 19.9. The number of fused-ring (bicyclic) bond motifs is 1. The molecule has 9 heteroatoms. The van der Waals surface area contributed by atoms with E-state index in [1.54, 1.807) is 0 Å². The van der Waals surface area contributed by atoms with Crippen LogP contribution in [0.5, 0.6) is 0 Å². The first-order valence-electron chi connectivity index (χ1n) is 11.0. The maximum Gasteiger partial charge on any atom is 0.128 e.